The molecule has 16 heavy (non-hydrogen) atoms. The average Bonchev–Trinajstić information content (AvgIpc) is 2.17. The second-order valence-electron chi connectivity index (χ2n) is 4.03. The Kier molecular flexibility index (Phi) is 8.32. The second kappa shape index (κ2) is 9.02. The minimum absolute atomic E-state index is 0.728. The molecule has 0 rings (SSSR count). The molecule has 0 bridgehead atoms. The number of ether oxygens (including phenoxy) is 1. The van der Waals surface area contributed by atoms with Gasteiger partial charge < -0.3 is 4.74 Å². The van der Waals surface area contributed by atoms with Gasteiger partial charge in [-0.3, -0.25) is 0 Å². The van der Waals surface area contributed by atoms with Crippen LogP contribution in [0.1, 0.15) is 41.0 Å². The molecule has 0 saturated heterocycles. The van der Waals surface area contributed by atoms with E-state index in [1.807, 2.05) is 26.0 Å². The maximum absolute atomic E-state index is 5.32. The van der Waals surface area contributed by atoms with E-state index < -0.39 is 0 Å². The molecule has 0 heterocycles. The Bertz CT molecular complexity index is 299. The summed E-state index contributed by atoms with van der Waals surface area (Å²) >= 11 is 0. The van der Waals surface area contributed by atoms with Crippen LogP contribution in [0.4, 0.5) is 0 Å². The highest BCUT2D eigenvalue weighted by atomic mass is 16.5. The van der Waals surface area contributed by atoms with Crippen molar-refractivity contribution in [2.24, 2.45) is 0 Å². The number of rotatable bonds is 6. The van der Waals surface area contributed by atoms with Crippen LogP contribution in [0.2, 0.25) is 0 Å². The third kappa shape index (κ3) is 9.32. The van der Waals surface area contributed by atoms with Gasteiger partial charge in [-0.15, -0.1) is 0 Å². The van der Waals surface area contributed by atoms with Gasteiger partial charge in [0.2, 0.25) is 0 Å². The number of hydrogen-bond acceptors (Lipinski definition) is 1. The van der Waals surface area contributed by atoms with Crippen molar-refractivity contribution in [3.8, 4) is 0 Å². The van der Waals surface area contributed by atoms with Crippen molar-refractivity contribution in [3.63, 3.8) is 0 Å². The molecule has 1 heteroatoms. The van der Waals surface area contributed by atoms with Gasteiger partial charge in [0.15, 0.2) is 0 Å². The Hall–Kier alpha value is -1.24. The predicted molar refractivity (Wildman–Crippen MR) is 72.3 cm³/mol. The topological polar surface area (TPSA) is 9.23 Å². The van der Waals surface area contributed by atoms with Crippen LogP contribution in [0.3, 0.4) is 0 Å². The first-order chi connectivity index (χ1) is 7.56. The van der Waals surface area contributed by atoms with E-state index >= 15 is 0 Å². The van der Waals surface area contributed by atoms with Crippen LogP contribution in [-0.2, 0) is 4.74 Å². The summed E-state index contributed by atoms with van der Waals surface area (Å²) in [4.78, 5) is 0. The van der Waals surface area contributed by atoms with Crippen LogP contribution in [0.15, 0.2) is 47.3 Å². The minimum atomic E-state index is 0.728. The normalized spacial score (nSPS) is 13.1. The highest BCUT2D eigenvalue weighted by Gasteiger charge is 1.83. The van der Waals surface area contributed by atoms with E-state index in [-0.39, 0.29) is 0 Å². The van der Waals surface area contributed by atoms with E-state index in [1.54, 1.807) is 0 Å². The van der Waals surface area contributed by atoms with Crippen molar-refractivity contribution in [1.82, 2.24) is 0 Å². The maximum atomic E-state index is 5.32. The fraction of sp³-hybridized carbons (Fsp3) is 0.467. The van der Waals surface area contributed by atoms with Gasteiger partial charge in [0.25, 0.3) is 0 Å². The van der Waals surface area contributed by atoms with Crippen LogP contribution in [0, 0.1) is 0 Å². The predicted octanol–water partition coefficient (Wildman–Crippen LogP) is 4.79. The van der Waals surface area contributed by atoms with Gasteiger partial charge in [-0.2, -0.15) is 0 Å². The van der Waals surface area contributed by atoms with Gasteiger partial charge in [-0.1, -0.05) is 35.5 Å². The van der Waals surface area contributed by atoms with Gasteiger partial charge in [0.05, 0.1) is 12.4 Å². The molecule has 0 saturated carbocycles. The molecular weight excluding hydrogens is 196 g/mol. The van der Waals surface area contributed by atoms with Crippen molar-refractivity contribution >= 4 is 0 Å². The zero-order valence-corrected chi connectivity index (χ0v) is 11.2. The van der Waals surface area contributed by atoms with E-state index in [2.05, 4.69) is 39.0 Å². The lowest BCUT2D eigenvalue weighted by molar-refractivity contribution is 0.231. The molecule has 0 radical (unpaired) electrons. The fourth-order valence-electron chi connectivity index (χ4n) is 1.16. The van der Waals surface area contributed by atoms with Crippen molar-refractivity contribution in [3.05, 3.63) is 47.3 Å². The van der Waals surface area contributed by atoms with Gasteiger partial charge in [-0.25, -0.2) is 0 Å². The van der Waals surface area contributed by atoms with E-state index in [9.17, 15) is 0 Å². The van der Waals surface area contributed by atoms with Crippen molar-refractivity contribution in [2.45, 2.75) is 41.0 Å². The SMILES string of the molecule is CCOC(C)=CC=CC(C)=CCC=C(C)C. The summed E-state index contributed by atoms with van der Waals surface area (Å²) in [5.41, 5.74) is 2.64. The largest absolute Gasteiger partial charge is 0.499 e. The van der Waals surface area contributed by atoms with Gasteiger partial charge >= 0.3 is 0 Å². The lowest BCUT2D eigenvalue weighted by Gasteiger charge is -1.99. The molecule has 0 amide bonds. The molecule has 0 aromatic carbocycles. The number of hydrogen-bond donors (Lipinski definition) is 0. The van der Waals surface area contributed by atoms with Gasteiger partial charge in [-0.05, 0) is 47.1 Å². The third-order valence-electron chi connectivity index (χ3n) is 2.03. The smallest absolute Gasteiger partial charge is 0.0928 e. The van der Waals surface area contributed by atoms with Gasteiger partial charge in [0, 0.05) is 0 Å². The summed E-state index contributed by atoms with van der Waals surface area (Å²) in [6.07, 6.45) is 11.6. The molecular formula is C15H24O. The molecule has 0 aliphatic heterocycles. The first-order valence-electron chi connectivity index (χ1n) is 5.84. The summed E-state index contributed by atoms with van der Waals surface area (Å²) in [7, 11) is 0. The molecule has 0 aromatic heterocycles. The van der Waals surface area contributed by atoms with E-state index in [4.69, 9.17) is 4.74 Å². The Morgan fingerprint density at radius 3 is 2.31 bits per heavy atom. The standard InChI is InChI=1S/C15H24O/c1-6-16-15(5)12-8-11-14(4)10-7-9-13(2)3/h8-12H,6-7H2,1-5H3. The van der Waals surface area contributed by atoms with E-state index in [1.165, 1.54) is 11.1 Å². The minimum Gasteiger partial charge on any atom is -0.499 e. The van der Waals surface area contributed by atoms with Crippen LogP contribution >= 0.6 is 0 Å². The average molecular weight is 220 g/mol. The van der Waals surface area contributed by atoms with Crippen LogP contribution in [-0.4, -0.2) is 6.61 Å². The molecule has 0 aliphatic carbocycles. The Morgan fingerprint density at radius 2 is 1.75 bits per heavy atom. The fourth-order valence-corrected chi connectivity index (χ4v) is 1.16. The third-order valence-corrected chi connectivity index (χ3v) is 2.03. The molecule has 0 unspecified atom stereocenters. The summed E-state index contributed by atoms with van der Waals surface area (Å²) < 4.78 is 5.32. The molecule has 0 atom stereocenters. The van der Waals surface area contributed by atoms with Crippen molar-refractivity contribution in [2.75, 3.05) is 6.61 Å². The summed E-state index contributed by atoms with van der Waals surface area (Å²) in [6.45, 7) is 11.0. The number of allylic oxidation sites excluding steroid dienone is 8. The Balaban J connectivity index is 4.13. The van der Waals surface area contributed by atoms with Crippen LogP contribution in [0.25, 0.3) is 0 Å². The van der Waals surface area contributed by atoms with E-state index in [0.29, 0.717) is 0 Å². The Labute approximate surface area is 100 Å². The molecule has 1 nitrogen and oxygen atoms in total. The summed E-state index contributed by atoms with van der Waals surface area (Å²) in [5, 5.41) is 0. The van der Waals surface area contributed by atoms with Crippen molar-refractivity contribution in [1.29, 1.82) is 0 Å². The van der Waals surface area contributed by atoms with Crippen LogP contribution < -0.4 is 0 Å². The lowest BCUT2D eigenvalue weighted by Crippen LogP contribution is -1.84. The lowest BCUT2D eigenvalue weighted by atomic mass is 10.2. The highest BCUT2D eigenvalue weighted by Crippen LogP contribution is 2.02. The zero-order chi connectivity index (χ0) is 12.4. The quantitative estimate of drug-likeness (QED) is 0.355. The Morgan fingerprint density at radius 1 is 1.06 bits per heavy atom. The van der Waals surface area contributed by atoms with Gasteiger partial charge in [0.1, 0.15) is 0 Å². The second-order valence-corrected chi connectivity index (χ2v) is 4.03. The molecule has 90 valence electrons. The van der Waals surface area contributed by atoms with Crippen LogP contribution in [0.5, 0.6) is 0 Å². The summed E-state index contributed by atoms with van der Waals surface area (Å²) in [6, 6.07) is 0. The summed E-state index contributed by atoms with van der Waals surface area (Å²) in [5.74, 6) is 0.954. The van der Waals surface area contributed by atoms with E-state index in [0.717, 1.165) is 18.8 Å². The molecule has 0 fully saturated rings. The first kappa shape index (κ1) is 14.8. The monoisotopic (exact) mass is 220 g/mol. The molecule has 0 N–H and O–H groups in total. The van der Waals surface area contributed by atoms with Crippen molar-refractivity contribution < 1.29 is 4.74 Å². The molecule has 0 spiro atoms. The molecule has 0 aliphatic rings. The zero-order valence-electron chi connectivity index (χ0n) is 11.2. The maximum Gasteiger partial charge on any atom is 0.0928 e. The highest BCUT2D eigenvalue weighted by molar-refractivity contribution is 5.21. The molecule has 0 aromatic rings. The first-order valence-corrected chi connectivity index (χ1v) is 5.84.